The molecule has 0 spiro atoms. The van der Waals surface area contributed by atoms with Crippen LogP contribution in [0.15, 0.2) is 81.7 Å². The molecule has 0 saturated carbocycles. The van der Waals surface area contributed by atoms with E-state index < -0.39 is 12.0 Å². The lowest BCUT2D eigenvalue weighted by Crippen LogP contribution is -2.39. The minimum atomic E-state index is -0.565. The number of aromatic nitrogens is 1. The topological polar surface area (TPSA) is 60.7 Å². The molecule has 0 saturated heterocycles. The Hall–Kier alpha value is -3.25. The molecule has 0 aliphatic carbocycles. The zero-order chi connectivity index (χ0) is 20.4. The van der Waals surface area contributed by atoms with Gasteiger partial charge in [-0.2, -0.15) is 0 Å². The van der Waals surface area contributed by atoms with Crippen LogP contribution in [-0.2, 0) is 9.53 Å². The third-order valence-electron chi connectivity index (χ3n) is 4.73. The first-order valence-electron chi connectivity index (χ1n) is 9.40. The Morgan fingerprint density at radius 1 is 1.14 bits per heavy atom. The molecular weight excluding hydrogens is 384 g/mol. The molecule has 1 atom stereocenters. The fraction of sp³-hybridized carbons (Fsp3) is 0.174. The van der Waals surface area contributed by atoms with Crippen LogP contribution in [0.3, 0.4) is 0 Å². The Balaban J connectivity index is 1.96. The summed E-state index contributed by atoms with van der Waals surface area (Å²) in [5, 5.41) is 0. The number of hydrogen-bond acceptors (Lipinski definition) is 5. The summed E-state index contributed by atoms with van der Waals surface area (Å²) in [6.45, 7) is 3.81. The number of fused-ring (bicyclic) bond motifs is 1. The second-order valence-corrected chi connectivity index (χ2v) is 7.63. The summed E-state index contributed by atoms with van der Waals surface area (Å²) >= 11 is 1.33. The maximum Gasteiger partial charge on any atom is 0.338 e. The third kappa shape index (κ3) is 3.59. The number of ether oxygens (including phenoxy) is 1. The highest BCUT2D eigenvalue weighted by molar-refractivity contribution is 7.07. The van der Waals surface area contributed by atoms with Crippen molar-refractivity contribution in [2.45, 2.75) is 19.9 Å². The average Bonchev–Trinajstić information content (AvgIpc) is 3.03. The average molecular weight is 404 g/mol. The van der Waals surface area contributed by atoms with E-state index in [9.17, 15) is 9.59 Å². The fourth-order valence-corrected chi connectivity index (χ4v) is 4.49. The number of nitrogens with zero attached hydrogens (tertiary/aromatic N) is 2. The van der Waals surface area contributed by atoms with Crippen LogP contribution >= 0.6 is 11.3 Å². The van der Waals surface area contributed by atoms with Crippen molar-refractivity contribution in [2.75, 3.05) is 6.61 Å². The molecule has 5 nitrogen and oxygen atoms in total. The van der Waals surface area contributed by atoms with E-state index in [2.05, 4.69) is 4.99 Å². The number of benzene rings is 2. The lowest BCUT2D eigenvalue weighted by atomic mass is 9.96. The number of rotatable bonds is 4. The van der Waals surface area contributed by atoms with Gasteiger partial charge in [0.05, 0.1) is 28.5 Å². The number of thiazole rings is 1. The van der Waals surface area contributed by atoms with E-state index in [4.69, 9.17) is 4.74 Å². The first-order chi connectivity index (χ1) is 14.1. The Labute approximate surface area is 171 Å². The van der Waals surface area contributed by atoms with E-state index >= 15 is 0 Å². The summed E-state index contributed by atoms with van der Waals surface area (Å²) in [6, 6.07) is 18.6. The van der Waals surface area contributed by atoms with Crippen molar-refractivity contribution in [1.29, 1.82) is 0 Å². The van der Waals surface area contributed by atoms with E-state index in [1.807, 2.05) is 66.7 Å². The van der Waals surface area contributed by atoms with Crippen molar-refractivity contribution in [1.82, 2.24) is 4.57 Å². The second kappa shape index (κ2) is 8.01. The molecule has 4 rings (SSSR count). The summed E-state index contributed by atoms with van der Waals surface area (Å²) in [5.74, 6) is -0.444. The largest absolute Gasteiger partial charge is 0.463 e. The highest BCUT2D eigenvalue weighted by atomic mass is 32.1. The minimum absolute atomic E-state index is 0.166. The van der Waals surface area contributed by atoms with E-state index in [0.29, 0.717) is 20.6 Å². The summed E-state index contributed by atoms with van der Waals surface area (Å²) in [5.41, 5.74) is 2.59. The molecule has 29 heavy (non-hydrogen) atoms. The van der Waals surface area contributed by atoms with Gasteiger partial charge in [-0.05, 0) is 31.1 Å². The van der Waals surface area contributed by atoms with Gasteiger partial charge in [0.15, 0.2) is 4.80 Å². The predicted octanol–water partition coefficient (Wildman–Crippen LogP) is 2.80. The van der Waals surface area contributed by atoms with E-state index in [-0.39, 0.29) is 12.2 Å². The molecule has 1 unspecified atom stereocenters. The molecule has 2 heterocycles. The molecule has 0 amide bonds. The van der Waals surface area contributed by atoms with E-state index in [1.165, 1.54) is 11.3 Å². The normalized spacial score (nSPS) is 16.3. The van der Waals surface area contributed by atoms with Crippen molar-refractivity contribution in [3.63, 3.8) is 0 Å². The molecule has 1 aliphatic rings. The third-order valence-corrected chi connectivity index (χ3v) is 5.71. The Morgan fingerprint density at radius 3 is 2.45 bits per heavy atom. The van der Waals surface area contributed by atoms with Crippen molar-refractivity contribution in [3.8, 4) is 0 Å². The van der Waals surface area contributed by atoms with Gasteiger partial charge in [-0.3, -0.25) is 9.36 Å². The number of allylic oxidation sites excluding steroid dienone is 1. The molecule has 1 aliphatic heterocycles. The molecule has 0 N–H and O–H groups in total. The molecule has 146 valence electrons. The Morgan fingerprint density at radius 2 is 1.79 bits per heavy atom. The van der Waals surface area contributed by atoms with E-state index in [1.54, 1.807) is 18.4 Å². The van der Waals surface area contributed by atoms with Crippen molar-refractivity contribution < 1.29 is 9.53 Å². The zero-order valence-corrected chi connectivity index (χ0v) is 17.0. The van der Waals surface area contributed by atoms with Gasteiger partial charge in [0.2, 0.25) is 0 Å². The maximum absolute atomic E-state index is 13.3. The van der Waals surface area contributed by atoms with Crippen LogP contribution in [0.25, 0.3) is 6.08 Å². The van der Waals surface area contributed by atoms with Crippen LogP contribution in [0.5, 0.6) is 0 Å². The summed E-state index contributed by atoms with van der Waals surface area (Å²) in [7, 11) is 0. The van der Waals surface area contributed by atoms with Crippen LogP contribution in [-0.4, -0.2) is 17.1 Å². The van der Waals surface area contributed by atoms with Crippen molar-refractivity contribution in [2.24, 2.45) is 4.99 Å². The SMILES string of the molecule is CCOC(=O)C1=C(C)N=c2s/c(=C/c3ccccc3)c(=O)n2C1c1ccccc1. The summed E-state index contributed by atoms with van der Waals surface area (Å²) in [4.78, 5) is 31.2. The zero-order valence-electron chi connectivity index (χ0n) is 16.2. The lowest BCUT2D eigenvalue weighted by molar-refractivity contribution is -0.139. The molecule has 6 heteroatoms. The maximum atomic E-state index is 13.3. The molecule has 2 aromatic carbocycles. The molecule has 1 aromatic heterocycles. The standard InChI is InChI=1S/C23H20N2O3S/c1-3-28-22(27)19-15(2)24-23-25(20(19)17-12-8-5-9-13-17)21(26)18(29-23)14-16-10-6-4-7-11-16/h4-14,20H,3H2,1-2H3/b18-14+. The van der Waals surface area contributed by atoms with Gasteiger partial charge in [0.1, 0.15) is 0 Å². The van der Waals surface area contributed by atoms with Gasteiger partial charge in [0, 0.05) is 0 Å². The lowest BCUT2D eigenvalue weighted by Gasteiger charge is -2.24. The highest BCUT2D eigenvalue weighted by Gasteiger charge is 2.33. The van der Waals surface area contributed by atoms with Crippen LogP contribution in [0.2, 0.25) is 0 Å². The second-order valence-electron chi connectivity index (χ2n) is 6.62. The number of esters is 1. The van der Waals surface area contributed by atoms with Gasteiger partial charge >= 0.3 is 5.97 Å². The summed E-state index contributed by atoms with van der Waals surface area (Å²) < 4.78 is 7.47. The quantitative estimate of drug-likeness (QED) is 0.629. The first-order valence-corrected chi connectivity index (χ1v) is 10.2. The van der Waals surface area contributed by atoms with Crippen LogP contribution < -0.4 is 14.9 Å². The number of hydrogen-bond donors (Lipinski definition) is 0. The Kier molecular flexibility index (Phi) is 5.27. The van der Waals surface area contributed by atoms with Gasteiger partial charge < -0.3 is 4.74 Å². The molecular formula is C23H20N2O3S. The van der Waals surface area contributed by atoms with Crippen LogP contribution in [0.4, 0.5) is 0 Å². The van der Waals surface area contributed by atoms with Gasteiger partial charge in [0.25, 0.3) is 5.56 Å². The van der Waals surface area contributed by atoms with Crippen molar-refractivity contribution >= 4 is 23.4 Å². The first kappa shape index (κ1) is 19.1. The Bertz CT molecular complexity index is 1250. The van der Waals surface area contributed by atoms with Crippen molar-refractivity contribution in [3.05, 3.63) is 103 Å². The van der Waals surface area contributed by atoms with Gasteiger partial charge in [-0.1, -0.05) is 72.0 Å². The van der Waals surface area contributed by atoms with Crippen LogP contribution in [0, 0.1) is 0 Å². The number of carbonyl (C=O) groups excluding carboxylic acids is 1. The highest BCUT2D eigenvalue weighted by Crippen LogP contribution is 2.30. The smallest absolute Gasteiger partial charge is 0.338 e. The molecule has 0 radical (unpaired) electrons. The van der Waals surface area contributed by atoms with E-state index in [0.717, 1.165) is 11.1 Å². The predicted molar refractivity (Wildman–Crippen MR) is 113 cm³/mol. The van der Waals surface area contributed by atoms with Gasteiger partial charge in [-0.25, -0.2) is 9.79 Å². The van der Waals surface area contributed by atoms with Crippen LogP contribution in [0.1, 0.15) is 31.0 Å². The monoisotopic (exact) mass is 404 g/mol. The molecule has 3 aromatic rings. The molecule has 0 fully saturated rings. The minimum Gasteiger partial charge on any atom is -0.463 e. The number of carbonyl (C=O) groups is 1. The van der Waals surface area contributed by atoms with Gasteiger partial charge in [-0.15, -0.1) is 0 Å². The fourth-order valence-electron chi connectivity index (χ4n) is 3.44. The summed E-state index contributed by atoms with van der Waals surface area (Å²) in [6.07, 6.45) is 1.86. The molecule has 0 bridgehead atoms.